The minimum atomic E-state index is -0.811. The van der Waals surface area contributed by atoms with Crippen LogP contribution in [0.3, 0.4) is 0 Å². The summed E-state index contributed by atoms with van der Waals surface area (Å²) < 4.78 is 1.99. The van der Waals surface area contributed by atoms with Crippen LogP contribution in [0.1, 0.15) is 41.5 Å². The Hall–Kier alpha value is -2.19. The largest absolute Gasteiger partial charge is 0.480 e. The summed E-state index contributed by atoms with van der Waals surface area (Å²) in [6.45, 7) is 6.61. The first-order chi connectivity index (χ1) is 12.4. The lowest BCUT2D eigenvalue weighted by Crippen LogP contribution is -2.54. The molecule has 1 aliphatic carbocycles. The monoisotopic (exact) mass is 376 g/mol. The number of amides is 1. The van der Waals surface area contributed by atoms with Gasteiger partial charge in [0.2, 0.25) is 0 Å². The SMILES string of the molecule is CCN(CC(=O)O)C1CC(NC(=O)c2cc(C)n(-c3nccs3)c2C)C1. The summed E-state index contributed by atoms with van der Waals surface area (Å²) in [5.41, 5.74) is 2.53. The maximum Gasteiger partial charge on any atom is 0.317 e. The van der Waals surface area contributed by atoms with Gasteiger partial charge in [0.15, 0.2) is 5.13 Å². The third kappa shape index (κ3) is 3.66. The van der Waals surface area contributed by atoms with Crippen molar-refractivity contribution in [3.05, 3.63) is 34.6 Å². The molecule has 2 N–H and O–H groups in total. The average molecular weight is 376 g/mol. The first-order valence-corrected chi connectivity index (χ1v) is 9.64. The van der Waals surface area contributed by atoms with Gasteiger partial charge in [-0.15, -0.1) is 11.3 Å². The second-order valence-electron chi connectivity index (χ2n) is 6.69. The topological polar surface area (TPSA) is 87.5 Å². The van der Waals surface area contributed by atoms with Crippen LogP contribution < -0.4 is 5.32 Å². The minimum Gasteiger partial charge on any atom is -0.480 e. The van der Waals surface area contributed by atoms with Crippen molar-refractivity contribution < 1.29 is 14.7 Å². The standard InChI is InChI=1S/C18H24N4O3S/c1-4-21(10-16(23)24)14-8-13(9-14)20-17(25)15-7-11(2)22(12(15)3)18-19-5-6-26-18/h5-7,13-14H,4,8-10H2,1-3H3,(H,20,25)(H,23,24). The highest BCUT2D eigenvalue weighted by Crippen LogP contribution is 2.27. The molecule has 0 atom stereocenters. The average Bonchev–Trinajstić information content (AvgIpc) is 3.16. The highest BCUT2D eigenvalue weighted by atomic mass is 32.1. The highest BCUT2D eigenvalue weighted by molar-refractivity contribution is 7.12. The van der Waals surface area contributed by atoms with E-state index in [1.165, 1.54) is 11.3 Å². The number of nitrogens with one attached hydrogen (secondary N) is 1. The predicted octanol–water partition coefficient (Wildman–Crippen LogP) is 2.22. The quantitative estimate of drug-likeness (QED) is 0.774. The van der Waals surface area contributed by atoms with E-state index in [4.69, 9.17) is 5.11 Å². The summed E-state index contributed by atoms with van der Waals surface area (Å²) in [4.78, 5) is 29.9. The predicted molar refractivity (Wildman–Crippen MR) is 100 cm³/mol. The number of hydrogen-bond acceptors (Lipinski definition) is 5. The van der Waals surface area contributed by atoms with Gasteiger partial charge in [-0.25, -0.2) is 4.98 Å². The molecule has 1 fully saturated rings. The van der Waals surface area contributed by atoms with Gasteiger partial charge in [-0.1, -0.05) is 6.92 Å². The second kappa shape index (κ2) is 7.59. The number of thiazole rings is 1. The summed E-state index contributed by atoms with van der Waals surface area (Å²) in [6.07, 6.45) is 3.33. The Morgan fingerprint density at radius 2 is 2.15 bits per heavy atom. The van der Waals surface area contributed by atoms with Crippen LogP contribution in [-0.4, -0.2) is 56.6 Å². The molecular formula is C18H24N4O3S. The Balaban J connectivity index is 1.62. The molecule has 0 saturated heterocycles. The van der Waals surface area contributed by atoms with Crippen LogP contribution in [0.5, 0.6) is 0 Å². The lowest BCUT2D eigenvalue weighted by Gasteiger charge is -2.42. The van der Waals surface area contributed by atoms with Gasteiger partial charge < -0.3 is 10.4 Å². The van der Waals surface area contributed by atoms with E-state index in [9.17, 15) is 9.59 Å². The van der Waals surface area contributed by atoms with E-state index in [0.29, 0.717) is 12.1 Å². The zero-order valence-electron chi connectivity index (χ0n) is 15.2. The number of likely N-dealkylation sites (N-methyl/N-ethyl adjacent to an activating group) is 1. The number of hydrogen-bond donors (Lipinski definition) is 2. The molecule has 0 aliphatic heterocycles. The van der Waals surface area contributed by atoms with E-state index in [1.807, 2.05) is 41.7 Å². The molecule has 1 aliphatic rings. The number of carboxylic acids is 1. The summed E-state index contributed by atoms with van der Waals surface area (Å²) in [5, 5.41) is 14.8. The number of carbonyl (C=O) groups is 2. The Morgan fingerprint density at radius 1 is 1.42 bits per heavy atom. The van der Waals surface area contributed by atoms with E-state index in [-0.39, 0.29) is 24.5 Å². The Morgan fingerprint density at radius 3 is 2.73 bits per heavy atom. The third-order valence-corrected chi connectivity index (χ3v) is 5.75. The molecule has 0 spiro atoms. The lowest BCUT2D eigenvalue weighted by molar-refractivity contribution is -0.139. The summed E-state index contributed by atoms with van der Waals surface area (Å²) >= 11 is 1.54. The molecule has 2 aromatic rings. The summed E-state index contributed by atoms with van der Waals surface area (Å²) in [5.74, 6) is -0.889. The van der Waals surface area contributed by atoms with Crippen molar-refractivity contribution in [1.82, 2.24) is 19.8 Å². The Bertz CT molecular complexity index is 794. The van der Waals surface area contributed by atoms with Crippen LogP contribution in [-0.2, 0) is 4.79 Å². The lowest BCUT2D eigenvalue weighted by atomic mass is 9.85. The van der Waals surface area contributed by atoms with Crippen molar-refractivity contribution in [3.8, 4) is 5.13 Å². The van der Waals surface area contributed by atoms with Crippen LogP contribution in [0, 0.1) is 13.8 Å². The molecule has 140 valence electrons. The Labute approximate surface area is 156 Å². The van der Waals surface area contributed by atoms with Crippen molar-refractivity contribution >= 4 is 23.2 Å². The van der Waals surface area contributed by atoms with E-state index in [0.717, 1.165) is 29.4 Å². The van der Waals surface area contributed by atoms with Gasteiger partial charge in [-0.05, 0) is 39.3 Å². The maximum atomic E-state index is 12.7. The van der Waals surface area contributed by atoms with Gasteiger partial charge >= 0.3 is 5.97 Å². The van der Waals surface area contributed by atoms with Crippen LogP contribution in [0.15, 0.2) is 17.6 Å². The van der Waals surface area contributed by atoms with Crippen LogP contribution in [0.4, 0.5) is 0 Å². The van der Waals surface area contributed by atoms with Crippen molar-refractivity contribution in [3.63, 3.8) is 0 Å². The highest BCUT2D eigenvalue weighted by Gasteiger charge is 2.35. The van der Waals surface area contributed by atoms with Gasteiger partial charge in [0.1, 0.15) is 0 Å². The zero-order valence-corrected chi connectivity index (χ0v) is 16.0. The van der Waals surface area contributed by atoms with Crippen LogP contribution in [0.25, 0.3) is 5.13 Å². The van der Waals surface area contributed by atoms with Gasteiger partial charge in [0.05, 0.1) is 12.1 Å². The molecule has 2 heterocycles. The number of nitrogens with zero attached hydrogens (tertiary/aromatic N) is 3. The minimum absolute atomic E-state index is 0.0524. The van der Waals surface area contributed by atoms with Gasteiger partial charge in [-0.2, -0.15) is 0 Å². The second-order valence-corrected chi connectivity index (χ2v) is 7.56. The molecule has 0 unspecified atom stereocenters. The molecule has 0 radical (unpaired) electrons. The number of aliphatic carboxylic acids is 1. The molecule has 2 aromatic heterocycles. The normalized spacial score (nSPS) is 19.4. The smallest absolute Gasteiger partial charge is 0.317 e. The molecule has 7 nitrogen and oxygen atoms in total. The van der Waals surface area contributed by atoms with Crippen LogP contribution in [0.2, 0.25) is 0 Å². The number of aryl methyl sites for hydroxylation is 1. The molecule has 8 heteroatoms. The zero-order chi connectivity index (χ0) is 18.8. The molecule has 3 rings (SSSR count). The van der Waals surface area contributed by atoms with Gasteiger partial charge in [-0.3, -0.25) is 19.1 Å². The number of carbonyl (C=O) groups excluding carboxylic acids is 1. The first kappa shape index (κ1) is 18.6. The van der Waals surface area contributed by atoms with E-state index < -0.39 is 5.97 Å². The fourth-order valence-corrected chi connectivity index (χ4v) is 4.30. The fourth-order valence-electron chi connectivity index (χ4n) is 3.55. The van der Waals surface area contributed by atoms with E-state index in [1.54, 1.807) is 6.20 Å². The number of carboxylic acid groups (broad SMARTS) is 1. The van der Waals surface area contributed by atoms with Gasteiger partial charge in [0.25, 0.3) is 5.91 Å². The molecule has 26 heavy (non-hydrogen) atoms. The van der Waals surface area contributed by atoms with Crippen molar-refractivity contribution in [2.24, 2.45) is 0 Å². The fraction of sp³-hybridized carbons (Fsp3) is 0.500. The van der Waals surface area contributed by atoms with Crippen molar-refractivity contribution in [1.29, 1.82) is 0 Å². The van der Waals surface area contributed by atoms with Crippen molar-refractivity contribution in [2.45, 2.75) is 45.7 Å². The molecule has 1 amide bonds. The summed E-state index contributed by atoms with van der Waals surface area (Å²) in [6, 6.07) is 2.22. The van der Waals surface area contributed by atoms with Gasteiger partial charge in [0, 0.05) is 35.0 Å². The molecule has 1 saturated carbocycles. The van der Waals surface area contributed by atoms with Crippen LogP contribution >= 0.6 is 11.3 Å². The summed E-state index contributed by atoms with van der Waals surface area (Å²) in [7, 11) is 0. The van der Waals surface area contributed by atoms with E-state index >= 15 is 0 Å². The number of rotatable bonds is 7. The third-order valence-electron chi connectivity index (χ3n) is 5.00. The molecule has 0 aromatic carbocycles. The van der Waals surface area contributed by atoms with Crippen molar-refractivity contribution in [2.75, 3.05) is 13.1 Å². The first-order valence-electron chi connectivity index (χ1n) is 8.76. The molecular weight excluding hydrogens is 352 g/mol. The number of aromatic nitrogens is 2. The maximum absolute atomic E-state index is 12.7. The Kier molecular flexibility index (Phi) is 5.43. The van der Waals surface area contributed by atoms with E-state index in [2.05, 4.69) is 10.3 Å². The molecule has 0 bridgehead atoms.